The van der Waals surface area contributed by atoms with E-state index in [2.05, 4.69) is 9.88 Å². The van der Waals surface area contributed by atoms with Crippen molar-refractivity contribution in [3.05, 3.63) is 29.6 Å². The van der Waals surface area contributed by atoms with Crippen molar-refractivity contribution in [1.29, 1.82) is 0 Å². The number of benzene rings is 1. The molecule has 23 heavy (non-hydrogen) atoms. The Balaban J connectivity index is 1.71. The highest BCUT2D eigenvalue weighted by Crippen LogP contribution is 2.31. The molecular formula is C16H20F3N3O. The minimum absolute atomic E-state index is 0.406. The van der Waals surface area contributed by atoms with Crippen molar-refractivity contribution in [2.75, 3.05) is 32.8 Å². The number of nitrogens with zero attached hydrogens (tertiary/aromatic N) is 3. The Hall–Kier alpha value is -1.60. The molecule has 2 heterocycles. The molecule has 4 nitrogen and oxygen atoms in total. The molecule has 1 aliphatic heterocycles. The number of alkyl halides is 3. The van der Waals surface area contributed by atoms with E-state index >= 15 is 0 Å². The van der Waals surface area contributed by atoms with E-state index in [1.165, 1.54) is 6.07 Å². The van der Waals surface area contributed by atoms with Crippen LogP contribution in [0.1, 0.15) is 17.8 Å². The summed E-state index contributed by atoms with van der Waals surface area (Å²) < 4.78 is 45.7. The second-order valence-corrected chi connectivity index (χ2v) is 5.82. The molecule has 0 amide bonds. The van der Waals surface area contributed by atoms with Gasteiger partial charge in [0.25, 0.3) is 0 Å². The van der Waals surface area contributed by atoms with E-state index < -0.39 is 11.7 Å². The van der Waals surface area contributed by atoms with Gasteiger partial charge in [-0.05, 0) is 31.5 Å². The first kappa shape index (κ1) is 16.3. The molecule has 1 fully saturated rings. The summed E-state index contributed by atoms with van der Waals surface area (Å²) in [6.07, 6.45) is -3.39. The smallest absolute Gasteiger partial charge is 0.379 e. The van der Waals surface area contributed by atoms with Gasteiger partial charge in [0.2, 0.25) is 0 Å². The van der Waals surface area contributed by atoms with Crippen molar-refractivity contribution in [2.45, 2.75) is 26.1 Å². The van der Waals surface area contributed by atoms with Crippen LogP contribution in [-0.2, 0) is 17.5 Å². The first-order valence-corrected chi connectivity index (χ1v) is 7.79. The van der Waals surface area contributed by atoms with Crippen molar-refractivity contribution in [3.63, 3.8) is 0 Å². The molecule has 0 atom stereocenters. The molecule has 0 aliphatic carbocycles. The Morgan fingerprint density at radius 1 is 1.17 bits per heavy atom. The van der Waals surface area contributed by atoms with E-state index in [-0.39, 0.29) is 0 Å². The molecule has 0 saturated carbocycles. The Bertz CT molecular complexity index is 675. The van der Waals surface area contributed by atoms with Gasteiger partial charge in [0.05, 0.1) is 29.8 Å². The summed E-state index contributed by atoms with van der Waals surface area (Å²) in [4.78, 5) is 6.63. The van der Waals surface area contributed by atoms with E-state index in [1.54, 1.807) is 0 Å². The molecule has 2 aromatic rings. The van der Waals surface area contributed by atoms with Crippen LogP contribution in [0.3, 0.4) is 0 Å². The number of aromatic nitrogens is 2. The standard InChI is InChI=1S/C16H20F3N3O/c1-12-20-14-11-13(16(17,18)19)3-4-15(14)22(12)6-2-5-21-7-9-23-10-8-21/h3-4,11H,2,5-10H2,1H3. The number of rotatable bonds is 4. The summed E-state index contributed by atoms with van der Waals surface area (Å²) >= 11 is 0. The van der Waals surface area contributed by atoms with Crippen LogP contribution in [-0.4, -0.2) is 47.3 Å². The number of hydrogen-bond acceptors (Lipinski definition) is 3. The number of hydrogen-bond donors (Lipinski definition) is 0. The number of ether oxygens (including phenoxy) is 1. The van der Waals surface area contributed by atoms with Crippen molar-refractivity contribution < 1.29 is 17.9 Å². The van der Waals surface area contributed by atoms with Crippen molar-refractivity contribution in [2.24, 2.45) is 0 Å². The van der Waals surface area contributed by atoms with Crippen LogP contribution in [0.5, 0.6) is 0 Å². The average molecular weight is 327 g/mol. The SMILES string of the molecule is Cc1nc2cc(C(F)(F)F)ccc2n1CCCN1CCOCC1. The van der Waals surface area contributed by atoms with Gasteiger partial charge in [-0.2, -0.15) is 13.2 Å². The molecule has 0 N–H and O–H groups in total. The fourth-order valence-electron chi connectivity index (χ4n) is 2.99. The molecule has 0 bridgehead atoms. The zero-order valence-electron chi connectivity index (χ0n) is 13.1. The molecule has 1 aromatic heterocycles. The number of aryl methyl sites for hydroxylation is 2. The van der Waals surface area contributed by atoms with Crippen LogP contribution in [0.4, 0.5) is 13.2 Å². The van der Waals surface area contributed by atoms with Gasteiger partial charge in [0.15, 0.2) is 0 Å². The fourth-order valence-corrected chi connectivity index (χ4v) is 2.99. The van der Waals surface area contributed by atoms with Crippen LogP contribution in [0.15, 0.2) is 18.2 Å². The normalized spacial score (nSPS) is 17.0. The molecule has 1 aliphatic rings. The Labute approximate surface area is 132 Å². The number of halogens is 3. The Morgan fingerprint density at radius 3 is 2.61 bits per heavy atom. The zero-order valence-corrected chi connectivity index (χ0v) is 13.1. The van der Waals surface area contributed by atoms with E-state index in [0.717, 1.165) is 69.3 Å². The molecule has 0 radical (unpaired) electrons. The lowest BCUT2D eigenvalue weighted by Gasteiger charge is -2.26. The largest absolute Gasteiger partial charge is 0.416 e. The maximum atomic E-state index is 12.8. The first-order chi connectivity index (χ1) is 10.9. The van der Waals surface area contributed by atoms with Gasteiger partial charge in [0, 0.05) is 26.2 Å². The third-order valence-electron chi connectivity index (χ3n) is 4.23. The van der Waals surface area contributed by atoms with E-state index in [4.69, 9.17) is 4.74 Å². The van der Waals surface area contributed by atoms with Gasteiger partial charge in [-0.25, -0.2) is 4.98 Å². The molecule has 0 spiro atoms. The van der Waals surface area contributed by atoms with Crippen LogP contribution in [0, 0.1) is 6.92 Å². The number of morpholine rings is 1. The van der Waals surface area contributed by atoms with E-state index in [9.17, 15) is 13.2 Å². The van der Waals surface area contributed by atoms with Crippen LogP contribution in [0.2, 0.25) is 0 Å². The second-order valence-electron chi connectivity index (χ2n) is 5.82. The molecule has 1 aromatic carbocycles. The summed E-state index contributed by atoms with van der Waals surface area (Å²) in [5.74, 6) is 0.751. The minimum Gasteiger partial charge on any atom is -0.379 e. The molecule has 126 valence electrons. The molecule has 0 unspecified atom stereocenters. The van der Waals surface area contributed by atoms with Gasteiger partial charge in [-0.1, -0.05) is 0 Å². The van der Waals surface area contributed by atoms with Crippen molar-refractivity contribution in [1.82, 2.24) is 14.5 Å². The van der Waals surface area contributed by atoms with Crippen LogP contribution < -0.4 is 0 Å². The predicted molar refractivity (Wildman–Crippen MR) is 81.3 cm³/mol. The molecule has 3 rings (SSSR count). The van der Waals surface area contributed by atoms with Gasteiger partial charge < -0.3 is 9.30 Å². The van der Waals surface area contributed by atoms with Crippen molar-refractivity contribution >= 4 is 11.0 Å². The minimum atomic E-state index is -4.33. The van der Waals surface area contributed by atoms with Crippen molar-refractivity contribution in [3.8, 4) is 0 Å². The highest BCUT2D eigenvalue weighted by Gasteiger charge is 2.31. The lowest BCUT2D eigenvalue weighted by molar-refractivity contribution is -0.137. The summed E-state index contributed by atoms with van der Waals surface area (Å²) in [5.41, 5.74) is 0.518. The summed E-state index contributed by atoms with van der Waals surface area (Å²) in [7, 11) is 0. The summed E-state index contributed by atoms with van der Waals surface area (Å²) in [6.45, 7) is 6.98. The topological polar surface area (TPSA) is 30.3 Å². The summed E-state index contributed by atoms with van der Waals surface area (Å²) in [5, 5.41) is 0. The maximum Gasteiger partial charge on any atom is 0.416 e. The predicted octanol–water partition coefficient (Wildman–Crippen LogP) is 3.09. The monoisotopic (exact) mass is 327 g/mol. The average Bonchev–Trinajstić information content (AvgIpc) is 2.83. The number of imidazole rings is 1. The highest BCUT2D eigenvalue weighted by molar-refractivity contribution is 5.77. The van der Waals surface area contributed by atoms with Gasteiger partial charge in [0.1, 0.15) is 5.82 Å². The Kier molecular flexibility index (Phi) is 4.59. The third-order valence-corrected chi connectivity index (χ3v) is 4.23. The molecule has 7 heteroatoms. The Morgan fingerprint density at radius 2 is 1.91 bits per heavy atom. The van der Waals surface area contributed by atoms with Gasteiger partial charge in [-0.3, -0.25) is 4.90 Å². The van der Waals surface area contributed by atoms with Gasteiger partial charge in [-0.15, -0.1) is 0 Å². The third kappa shape index (κ3) is 3.67. The maximum absolute atomic E-state index is 12.8. The van der Waals surface area contributed by atoms with Crippen LogP contribution >= 0.6 is 0 Å². The first-order valence-electron chi connectivity index (χ1n) is 7.79. The van der Waals surface area contributed by atoms with E-state index in [1.807, 2.05) is 11.5 Å². The second kappa shape index (κ2) is 6.49. The molecule has 1 saturated heterocycles. The quantitative estimate of drug-likeness (QED) is 0.864. The van der Waals surface area contributed by atoms with Gasteiger partial charge >= 0.3 is 6.18 Å². The lowest BCUT2D eigenvalue weighted by atomic mass is 10.2. The molecular weight excluding hydrogens is 307 g/mol. The fraction of sp³-hybridized carbons (Fsp3) is 0.562. The highest BCUT2D eigenvalue weighted by atomic mass is 19.4. The lowest BCUT2D eigenvalue weighted by Crippen LogP contribution is -2.37. The van der Waals surface area contributed by atoms with Crippen LogP contribution in [0.25, 0.3) is 11.0 Å². The van der Waals surface area contributed by atoms with E-state index in [0.29, 0.717) is 5.52 Å². The zero-order chi connectivity index (χ0) is 16.4. The summed E-state index contributed by atoms with van der Waals surface area (Å²) in [6, 6.07) is 3.77. The number of fused-ring (bicyclic) bond motifs is 1.